The number of rotatable bonds is 4. The van der Waals surface area contributed by atoms with Crippen LogP contribution < -0.4 is 4.74 Å². The number of hydrogen-bond donors (Lipinski definition) is 0. The first kappa shape index (κ1) is 18.6. The second-order valence-corrected chi connectivity index (χ2v) is 8.45. The summed E-state index contributed by atoms with van der Waals surface area (Å²) in [6, 6.07) is 5.63. The number of aryl methyl sites for hydroxylation is 3. The van der Waals surface area contributed by atoms with Gasteiger partial charge in [-0.15, -0.1) is 11.3 Å². The predicted octanol–water partition coefficient (Wildman–Crippen LogP) is 4.89. The fraction of sp³-hybridized carbons (Fsp3) is 0.400. The van der Waals surface area contributed by atoms with Crippen LogP contribution in [0.1, 0.15) is 21.8 Å². The monoisotopic (exact) mass is 403 g/mol. The lowest BCUT2D eigenvalue weighted by atomic mass is 10.2. The van der Waals surface area contributed by atoms with Gasteiger partial charge in [0.2, 0.25) is 5.88 Å². The molecule has 5 nitrogen and oxygen atoms in total. The third-order valence-electron chi connectivity index (χ3n) is 4.85. The minimum atomic E-state index is 0.621. The lowest BCUT2D eigenvalue weighted by Crippen LogP contribution is -2.36. The van der Waals surface area contributed by atoms with Crippen LogP contribution in [0.15, 0.2) is 18.2 Å². The zero-order valence-corrected chi connectivity index (χ0v) is 17.3. The third kappa shape index (κ3) is 3.94. The van der Waals surface area contributed by atoms with Gasteiger partial charge in [-0.3, -0.25) is 4.90 Å². The number of hydrogen-bond acceptors (Lipinski definition) is 6. The van der Waals surface area contributed by atoms with E-state index >= 15 is 0 Å². The van der Waals surface area contributed by atoms with Gasteiger partial charge in [-0.2, -0.15) is 4.98 Å². The Morgan fingerprint density at radius 2 is 1.96 bits per heavy atom. The molecule has 0 radical (unpaired) electrons. The van der Waals surface area contributed by atoms with Crippen molar-refractivity contribution >= 4 is 33.2 Å². The van der Waals surface area contributed by atoms with Gasteiger partial charge in [-0.25, -0.2) is 4.98 Å². The summed E-state index contributed by atoms with van der Waals surface area (Å²) in [5.41, 5.74) is 2.16. The van der Waals surface area contributed by atoms with Gasteiger partial charge in [0.1, 0.15) is 16.4 Å². The number of thiophene rings is 1. The molecule has 0 bridgehead atoms. The van der Waals surface area contributed by atoms with Gasteiger partial charge in [0.05, 0.1) is 25.1 Å². The molecular formula is C20H22ClN3O2S. The zero-order valence-electron chi connectivity index (χ0n) is 15.7. The summed E-state index contributed by atoms with van der Waals surface area (Å²) in [7, 11) is 0. The van der Waals surface area contributed by atoms with Crippen LogP contribution in [-0.2, 0) is 11.3 Å². The summed E-state index contributed by atoms with van der Waals surface area (Å²) in [5.74, 6) is 2.17. The first-order valence-electron chi connectivity index (χ1n) is 9.02. The summed E-state index contributed by atoms with van der Waals surface area (Å²) in [6.07, 6.45) is 0. The van der Waals surface area contributed by atoms with Crippen molar-refractivity contribution in [3.63, 3.8) is 0 Å². The van der Waals surface area contributed by atoms with Crippen LogP contribution >= 0.6 is 22.9 Å². The molecule has 0 unspecified atom stereocenters. The summed E-state index contributed by atoms with van der Waals surface area (Å²) >= 11 is 7.77. The molecule has 0 aliphatic carbocycles. The Morgan fingerprint density at radius 3 is 2.70 bits per heavy atom. The molecule has 142 valence electrons. The zero-order chi connectivity index (χ0) is 19.0. The van der Waals surface area contributed by atoms with Gasteiger partial charge in [-0.1, -0.05) is 11.6 Å². The number of halogens is 1. The summed E-state index contributed by atoms with van der Waals surface area (Å²) in [4.78, 5) is 14.1. The first-order valence-corrected chi connectivity index (χ1v) is 10.2. The Morgan fingerprint density at radius 1 is 1.19 bits per heavy atom. The largest absolute Gasteiger partial charge is 0.438 e. The van der Waals surface area contributed by atoms with Crippen molar-refractivity contribution in [3.8, 4) is 11.6 Å². The Labute approximate surface area is 167 Å². The maximum absolute atomic E-state index is 6.26. The molecule has 0 spiro atoms. The maximum atomic E-state index is 6.26. The summed E-state index contributed by atoms with van der Waals surface area (Å²) < 4.78 is 11.7. The van der Waals surface area contributed by atoms with Gasteiger partial charge in [0, 0.05) is 23.0 Å². The van der Waals surface area contributed by atoms with Gasteiger partial charge < -0.3 is 9.47 Å². The minimum absolute atomic E-state index is 0.621. The molecule has 1 aliphatic rings. The molecule has 0 N–H and O–H groups in total. The van der Waals surface area contributed by atoms with E-state index in [1.807, 2.05) is 25.1 Å². The fourth-order valence-corrected chi connectivity index (χ4v) is 4.46. The van der Waals surface area contributed by atoms with E-state index in [1.54, 1.807) is 11.3 Å². The molecule has 0 amide bonds. The molecule has 4 rings (SSSR count). The second kappa shape index (κ2) is 7.72. The van der Waals surface area contributed by atoms with Crippen LogP contribution in [0.2, 0.25) is 5.02 Å². The van der Waals surface area contributed by atoms with Crippen LogP contribution in [0.3, 0.4) is 0 Å². The van der Waals surface area contributed by atoms with Crippen LogP contribution in [0.25, 0.3) is 10.2 Å². The lowest BCUT2D eigenvalue weighted by molar-refractivity contribution is 0.0330. The average molecular weight is 404 g/mol. The first-order chi connectivity index (χ1) is 13.0. The van der Waals surface area contributed by atoms with Crippen LogP contribution in [0.5, 0.6) is 11.6 Å². The molecule has 1 saturated heterocycles. The van der Waals surface area contributed by atoms with E-state index in [4.69, 9.17) is 31.0 Å². The number of benzene rings is 1. The van der Waals surface area contributed by atoms with Crippen molar-refractivity contribution < 1.29 is 9.47 Å². The van der Waals surface area contributed by atoms with E-state index in [-0.39, 0.29) is 0 Å². The number of morpholine rings is 1. The highest BCUT2D eigenvalue weighted by molar-refractivity contribution is 7.18. The van der Waals surface area contributed by atoms with Crippen molar-refractivity contribution in [1.29, 1.82) is 0 Å². The Kier molecular flexibility index (Phi) is 5.32. The molecule has 1 aliphatic heterocycles. The predicted molar refractivity (Wildman–Crippen MR) is 109 cm³/mol. The average Bonchev–Trinajstić information content (AvgIpc) is 2.92. The number of nitrogens with zero attached hydrogens (tertiary/aromatic N) is 3. The van der Waals surface area contributed by atoms with Crippen LogP contribution in [0.4, 0.5) is 0 Å². The molecule has 1 fully saturated rings. The minimum Gasteiger partial charge on any atom is -0.438 e. The Hall–Kier alpha value is -1.73. The van der Waals surface area contributed by atoms with E-state index in [0.717, 1.165) is 53.7 Å². The van der Waals surface area contributed by atoms with Crippen molar-refractivity contribution in [1.82, 2.24) is 14.9 Å². The smallest absolute Gasteiger partial charge is 0.231 e. The molecule has 27 heavy (non-hydrogen) atoms. The highest BCUT2D eigenvalue weighted by atomic mass is 35.5. The number of ether oxygens (including phenoxy) is 2. The molecule has 7 heteroatoms. The van der Waals surface area contributed by atoms with Gasteiger partial charge >= 0.3 is 0 Å². The molecule has 3 aromatic rings. The van der Waals surface area contributed by atoms with Gasteiger partial charge in [-0.05, 0) is 50.1 Å². The number of fused-ring (bicyclic) bond motifs is 1. The molecule has 0 saturated carbocycles. The normalized spacial score (nSPS) is 15.4. The molecule has 0 atom stereocenters. The summed E-state index contributed by atoms with van der Waals surface area (Å²) in [6.45, 7) is 10.2. The van der Waals surface area contributed by atoms with Gasteiger partial charge in [0.15, 0.2) is 0 Å². The maximum Gasteiger partial charge on any atom is 0.231 e. The lowest BCUT2D eigenvalue weighted by Gasteiger charge is -2.25. The quantitative estimate of drug-likeness (QED) is 0.620. The Balaban J connectivity index is 1.74. The van der Waals surface area contributed by atoms with E-state index in [0.29, 0.717) is 17.4 Å². The number of aromatic nitrogens is 2. The van der Waals surface area contributed by atoms with E-state index in [1.165, 1.54) is 10.4 Å². The van der Waals surface area contributed by atoms with Crippen LogP contribution in [0, 0.1) is 20.8 Å². The molecule has 2 aromatic heterocycles. The van der Waals surface area contributed by atoms with Gasteiger partial charge in [0.25, 0.3) is 0 Å². The van der Waals surface area contributed by atoms with Crippen molar-refractivity contribution in [2.24, 2.45) is 0 Å². The van der Waals surface area contributed by atoms with Crippen molar-refractivity contribution in [3.05, 3.63) is 45.1 Å². The van der Waals surface area contributed by atoms with E-state index < -0.39 is 0 Å². The Bertz CT molecular complexity index is 983. The SMILES string of the molecule is Cc1cc(Cl)ccc1Oc1nc(CN2CCOCC2)nc2sc(C)c(C)c12. The fourth-order valence-electron chi connectivity index (χ4n) is 3.19. The van der Waals surface area contributed by atoms with E-state index in [2.05, 4.69) is 18.7 Å². The third-order valence-corrected chi connectivity index (χ3v) is 6.19. The highest BCUT2D eigenvalue weighted by Crippen LogP contribution is 2.37. The van der Waals surface area contributed by atoms with E-state index in [9.17, 15) is 0 Å². The molecule has 1 aromatic carbocycles. The topological polar surface area (TPSA) is 47.5 Å². The second-order valence-electron chi connectivity index (χ2n) is 6.81. The highest BCUT2D eigenvalue weighted by Gasteiger charge is 2.19. The van der Waals surface area contributed by atoms with Crippen molar-refractivity contribution in [2.45, 2.75) is 27.3 Å². The summed E-state index contributed by atoms with van der Waals surface area (Å²) in [5, 5.41) is 1.70. The van der Waals surface area contributed by atoms with Crippen molar-refractivity contribution in [2.75, 3.05) is 26.3 Å². The van der Waals surface area contributed by atoms with Crippen LogP contribution in [-0.4, -0.2) is 41.2 Å². The standard InChI is InChI=1S/C20H22ClN3O2S/c1-12-10-15(21)4-5-16(12)26-19-18-13(2)14(3)27-20(18)23-17(22-19)11-24-6-8-25-9-7-24/h4-5,10H,6-9,11H2,1-3H3. The molecular weight excluding hydrogens is 382 g/mol. The molecule has 3 heterocycles.